The van der Waals surface area contributed by atoms with E-state index in [1.54, 1.807) is 13.1 Å². The van der Waals surface area contributed by atoms with Gasteiger partial charge in [0.1, 0.15) is 11.5 Å². The van der Waals surface area contributed by atoms with Crippen molar-refractivity contribution in [1.29, 1.82) is 0 Å². The molecule has 1 atom stereocenters. The summed E-state index contributed by atoms with van der Waals surface area (Å²) in [5.74, 6) is 1.47. The van der Waals surface area contributed by atoms with E-state index in [9.17, 15) is 8.78 Å². The number of para-hydroxylation sites is 1. The van der Waals surface area contributed by atoms with Gasteiger partial charge in [0.25, 0.3) is 0 Å². The highest BCUT2D eigenvalue weighted by atomic mass is 35.5. The van der Waals surface area contributed by atoms with E-state index in [2.05, 4.69) is 20.4 Å². The normalized spacial score (nSPS) is 16.5. The van der Waals surface area contributed by atoms with E-state index < -0.39 is 6.61 Å². The molecule has 0 fully saturated rings. The SMILES string of the molecule is CN=C(NCc1cc(Cl)ccc1OC(F)F)NC1CCOc2ccccc21. The number of benzene rings is 2. The number of rotatable bonds is 5. The smallest absolute Gasteiger partial charge is 0.387 e. The van der Waals surface area contributed by atoms with Gasteiger partial charge in [0, 0.05) is 36.2 Å². The largest absolute Gasteiger partial charge is 0.493 e. The molecular formula is C19H20ClF2N3O2. The maximum atomic E-state index is 12.6. The van der Waals surface area contributed by atoms with E-state index >= 15 is 0 Å². The minimum Gasteiger partial charge on any atom is -0.493 e. The van der Waals surface area contributed by atoms with Crippen molar-refractivity contribution in [2.75, 3.05) is 13.7 Å². The highest BCUT2D eigenvalue weighted by Crippen LogP contribution is 2.31. The third kappa shape index (κ3) is 5.01. The molecule has 0 aliphatic carbocycles. The van der Waals surface area contributed by atoms with E-state index in [-0.39, 0.29) is 18.3 Å². The Morgan fingerprint density at radius 2 is 2.15 bits per heavy atom. The summed E-state index contributed by atoms with van der Waals surface area (Å²) in [6.07, 6.45) is 0.786. The number of hydrogen-bond donors (Lipinski definition) is 2. The van der Waals surface area contributed by atoms with Gasteiger partial charge in [-0.25, -0.2) is 0 Å². The van der Waals surface area contributed by atoms with Crippen LogP contribution in [0.25, 0.3) is 0 Å². The van der Waals surface area contributed by atoms with Crippen molar-refractivity contribution in [2.24, 2.45) is 4.99 Å². The Morgan fingerprint density at radius 3 is 2.93 bits per heavy atom. The maximum Gasteiger partial charge on any atom is 0.387 e. The number of guanidine groups is 1. The van der Waals surface area contributed by atoms with Crippen LogP contribution < -0.4 is 20.1 Å². The number of nitrogens with zero attached hydrogens (tertiary/aromatic N) is 1. The third-order valence-corrected chi connectivity index (χ3v) is 4.41. The Labute approximate surface area is 161 Å². The second-order valence-electron chi connectivity index (χ2n) is 5.93. The van der Waals surface area contributed by atoms with Crippen molar-refractivity contribution in [1.82, 2.24) is 10.6 Å². The van der Waals surface area contributed by atoms with Crippen LogP contribution in [0.5, 0.6) is 11.5 Å². The van der Waals surface area contributed by atoms with Gasteiger partial charge in [0.05, 0.1) is 12.6 Å². The average molecular weight is 396 g/mol. The first-order chi connectivity index (χ1) is 13.1. The molecule has 0 saturated carbocycles. The molecule has 1 aliphatic heterocycles. The first-order valence-corrected chi connectivity index (χ1v) is 8.86. The fourth-order valence-electron chi connectivity index (χ4n) is 2.93. The summed E-state index contributed by atoms with van der Waals surface area (Å²) in [4.78, 5) is 4.21. The lowest BCUT2D eigenvalue weighted by Crippen LogP contribution is -2.40. The first kappa shape index (κ1) is 19.2. The zero-order chi connectivity index (χ0) is 19.2. The van der Waals surface area contributed by atoms with Gasteiger partial charge in [-0.2, -0.15) is 8.78 Å². The van der Waals surface area contributed by atoms with Crippen LogP contribution in [0, 0.1) is 0 Å². The molecular weight excluding hydrogens is 376 g/mol. The molecule has 5 nitrogen and oxygen atoms in total. The number of nitrogens with one attached hydrogen (secondary N) is 2. The van der Waals surface area contributed by atoms with Gasteiger partial charge in [-0.05, 0) is 24.3 Å². The Morgan fingerprint density at radius 1 is 1.33 bits per heavy atom. The summed E-state index contributed by atoms with van der Waals surface area (Å²) in [6.45, 7) is -2.07. The minimum atomic E-state index is -2.90. The van der Waals surface area contributed by atoms with Crippen LogP contribution in [-0.4, -0.2) is 26.2 Å². The number of alkyl halides is 2. The molecule has 0 saturated heterocycles. The molecule has 0 bridgehead atoms. The topological polar surface area (TPSA) is 54.9 Å². The molecule has 0 spiro atoms. The van der Waals surface area contributed by atoms with Gasteiger partial charge < -0.3 is 20.1 Å². The highest BCUT2D eigenvalue weighted by Gasteiger charge is 2.22. The summed E-state index contributed by atoms with van der Waals surface area (Å²) >= 11 is 5.98. The quantitative estimate of drug-likeness (QED) is 0.590. The standard InChI is InChI=1S/C19H20ClF2N3O2/c1-23-19(25-15-8-9-26-17-5-3-2-4-14(15)17)24-11-12-10-13(20)6-7-16(12)27-18(21)22/h2-7,10,15,18H,8-9,11H2,1H3,(H2,23,24,25). The van der Waals surface area contributed by atoms with Gasteiger partial charge in [0.2, 0.25) is 0 Å². The zero-order valence-corrected chi connectivity index (χ0v) is 15.5. The predicted molar refractivity (Wildman–Crippen MR) is 101 cm³/mol. The van der Waals surface area contributed by atoms with E-state index in [1.807, 2.05) is 24.3 Å². The van der Waals surface area contributed by atoms with Crippen molar-refractivity contribution >= 4 is 17.6 Å². The zero-order valence-electron chi connectivity index (χ0n) is 14.7. The molecule has 1 heterocycles. The van der Waals surface area contributed by atoms with Gasteiger partial charge in [0.15, 0.2) is 5.96 Å². The van der Waals surface area contributed by atoms with Crippen molar-refractivity contribution < 1.29 is 18.3 Å². The van der Waals surface area contributed by atoms with Crippen molar-refractivity contribution in [3.63, 3.8) is 0 Å². The molecule has 3 rings (SSSR count). The van der Waals surface area contributed by atoms with Crippen molar-refractivity contribution in [3.05, 3.63) is 58.6 Å². The Bertz CT molecular complexity index is 817. The Hall–Kier alpha value is -2.54. The molecule has 27 heavy (non-hydrogen) atoms. The van der Waals surface area contributed by atoms with Gasteiger partial charge in [-0.15, -0.1) is 0 Å². The molecule has 2 aromatic carbocycles. The van der Waals surface area contributed by atoms with Gasteiger partial charge >= 0.3 is 6.61 Å². The summed E-state index contributed by atoms with van der Waals surface area (Å²) in [7, 11) is 1.65. The number of fused-ring (bicyclic) bond motifs is 1. The average Bonchev–Trinajstić information content (AvgIpc) is 2.66. The third-order valence-electron chi connectivity index (χ3n) is 4.18. The second-order valence-corrected chi connectivity index (χ2v) is 6.36. The van der Waals surface area contributed by atoms with Crippen molar-refractivity contribution in [3.8, 4) is 11.5 Å². The number of ether oxygens (including phenoxy) is 2. The summed E-state index contributed by atoms with van der Waals surface area (Å²) in [5.41, 5.74) is 1.56. The van der Waals surface area contributed by atoms with Crippen LogP contribution in [0.3, 0.4) is 0 Å². The predicted octanol–water partition coefficient (Wildman–Crippen LogP) is 4.13. The summed E-state index contributed by atoms with van der Waals surface area (Å²) in [6, 6.07) is 12.4. The molecule has 144 valence electrons. The summed E-state index contributed by atoms with van der Waals surface area (Å²) < 4.78 is 35.4. The van der Waals surface area contributed by atoms with Crippen LogP contribution >= 0.6 is 11.6 Å². The van der Waals surface area contributed by atoms with Crippen LogP contribution in [-0.2, 0) is 6.54 Å². The molecule has 0 amide bonds. The molecule has 2 N–H and O–H groups in total. The lowest BCUT2D eigenvalue weighted by atomic mass is 10.0. The first-order valence-electron chi connectivity index (χ1n) is 8.49. The van der Waals surface area contributed by atoms with Crippen LogP contribution in [0.15, 0.2) is 47.5 Å². The van der Waals surface area contributed by atoms with E-state index in [0.29, 0.717) is 23.2 Å². The molecule has 0 radical (unpaired) electrons. The fraction of sp³-hybridized carbons (Fsp3) is 0.316. The maximum absolute atomic E-state index is 12.6. The van der Waals surface area contributed by atoms with Crippen LogP contribution in [0.1, 0.15) is 23.6 Å². The van der Waals surface area contributed by atoms with E-state index in [4.69, 9.17) is 16.3 Å². The van der Waals surface area contributed by atoms with E-state index in [0.717, 1.165) is 17.7 Å². The second kappa shape index (κ2) is 8.90. The highest BCUT2D eigenvalue weighted by molar-refractivity contribution is 6.30. The number of halogens is 3. The van der Waals surface area contributed by atoms with Crippen LogP contribution in [0.2, 0.25) is 5.02 Å². The lowest BCUT2D eigenvalue weighted by Gasteiger charge is -2.28. The number of aliphatic imine (C=N–C) groups is 1. The molecule has 0 aromatic heterocycles. The minimum absolute atomic E-state index is 0.0392. The van der Waals surface area contributed by atoms with Gasteiger partial charge in [-0.3, -0.25) is 4.99 Å². The monoisotopic (exact) mass is 395 g/mol. The Balaban J connectivity index is 1.68. The van der Waals surface area contributed by atoms with Gasteiger partial charge in [-0.1, -0.05) is 29.8 Å². The van der Waals surface area contributed by atoms with E-state index in [1.165, 1.54) is 12.1 Å². The van der Waals surface area contributed by atoms with Crippen molar-refractivity contribution in [2.45, 2.75) is 25.6 Å². The molecule has 2 aromatic rings. The fourth-order valence-corrected chi connectivity index (χ4v) is 3.12. The lowest BCUT2D eigenvalue weighted by molar-refractivity contribution is -0.0504. The number of hydrogen-bond acceptors (Lipinski definition) is 3. The molecule has 1 aliphatic rings. The van der Waals surface area contributed by atoms with Crippen LogP contribution in [0.4, 0.5) is 8.78 Å². The molecule has 8 heteroatoms. The summed E-state index contributed by atoms with van der Waals surface area (Å²) in [5, 5.41) is 6.90. The Kier molecular flexibility index (Phi) is 6.34. The molecule has 1 unspecified atom stereocenters.